The molecule has 0 heterocycles. The highest BCUT2D eigenvalue weighted by atomic mass is 35.5. The summed E-state index contributed by atoms with van der Waals surface area (Å²) in [5, 5.41) is 2.75. The zero-order chi connectivity index (χ0) is 14.5. The van der Waals surface area contributed by atoms with Gasteiger partial charge < -0.3 is 0 Å². The van der Waals surface area contributed by atoms with Gasteiger partial charge in [-0.2, -0.15) is 0 Å². The zero-order valence-corrected chi connectivity index (χ0v) is 13.6. The van der Waals surface area contributed by atoms with E-state index in [1.165, 1.54) is 47.6 Å². The maximum absolute atomic E-state index is 6.91. The standard InChI is InChI=1S/C19H25Cl/c1-4-8-16(9-5-2)19(20)18-14(3)12-13-15-10-6-7-11-17(15)18/h6-7,10-13,16,19H,4-5,8-9H2,1-3H3. The van der Waals surface area contributed by atoms with Crippen LogP contribution >= 0.6 is 11.6 Å². The van der Waals surface area contributed by atoms with E-state index in [-0.39, 0.29) is 5.38 Å². The highest BCUT2D eigenvalue weighted by Gasteiger charge is 2.22. The van der Waals surface area contributed by atoms with Gasteiger partial charge in [0.05, 0.1) is 5.38 Å². The third-order valence-corrected chi connectivity index (χ3v) is 4.77. The van der Waals surface area contributed by atoms with Crippen LogP contribution in [-0.4, -0.2) is 0 Å². The lowest BCUT2D eigenvalue weighted by Gasteiger charge is -2.24. The molecule has 2 rings (SSSR count). The Bertz CT molecular complexity index is 553. The first-order valence-corrected chi connectivity index (χ1v) is 8.25. The third kappa shape index (κ3) is 3.17. The molecule has 1 unspecified atom stereocenters. The monoisotopic (exact) mass is 288 g/mol. The van der Waals surface area contributed by atoms with Gasteiger partial charge in [0.25, 0.3) is 0 Å². The number of alkyl halides is 1. The normalized spacial score (nSPS) is 13.1. The maximum Gasteiger partial charge on any atom is 0.0622 e. The van der Waals surface area contributed by atoms with Gasteiger partial charge in [0.15, 0.2) is 0 Å². The van der Waals surface area contributed by atoms with Gasteiger partial charge in [0.1, 0.15) is 0 Å². The average molecular weight is 289 g/mol. The van der Waals surface area contributed by atoms with E-state index < -0.39 is 0 Å². The van der Waals surface area contributed by atoms with Crippen molar-refractivity contribution in [1.82, 2.24) is 0 Å². The van der Waals surface area contributed by atoms with Crippen molar-refractivity contribution in [3.8, 4) is 0 Å². The predicted molar refractivity (Wildman–Crippen MR) is 90.6 cm³/mol. The van der Waals surface area contributed by atoms with Crippen LogP contribution in [-0.2, 0) is 0 Å². The highest BCUT2D eigenvalue weighted by Crippen LogP contribution is 2.40. The Morgan fingerprint density at radius 3 is 2.25 bits per heavy atom. The molecule has 0 spiro atoms. The van der Waals surface area contributed by atoms with Crippen LogP contribution in [0.4, 0.5) is 0 Å². The second-order valence-electron chi connectivity index (χ2n) is 5.76. The highest BCUT2D eigenvalue weighted by molar-refractivity contribution is 6.22. The Balaban J connectivity index is 2.46. The summed E-state index contributed by atoms with van der Waals surface area (Å²) in [6, 6.07) is 13.0. The molecular formula is C19H25Cl. The molecule has 1 heteroatoms. The van der Waals surface area contributed by atoms with E-state index in [1.807, 2.05) is 0 Å². The van der Waals surface area contributed by atoms with Gasteiger partial charge in [0.2, 0.25) is 0 Å². The Morgan fingerprint density at radius 1 is 0.950 bits per heavy atom. The molecule has 2 aromatic carbocycles. The van der Waals surface area contributed by atoms with Crippen LogP contribution in [0.5, 0.6) is 0 Å². The molecule has 0 radical (unpaired) electrons. The van der Waals surface area contributed by atoms with E-state index in [0.29, 0.717) is 5.92 Å². The fourth-order valence-electron chi connectivity index (χ4n) is 3.18. The molecule has 108 valence electrons. The Labute approximate surface area is 128 Å². The Kier molecular flexibility index (Phi) is 5.48. The molecule has 0 aliphatic heterocycles. The number of rotatable bonds is 6. The van der Waals surface area contributed by atoms with Crippen LogP contribution in [0.15, 0.2) is 36.4 Å². The number of hydrogen-bond donors (Lipinski definition) is 0. The first-order chi connectivity index (χ1) is 9.69. The minimum absolute atomic E-state index is 0.126. The molecule has 1 atom stereocenters. The van der Waals surface area contributed by atoms with Crippen LogP contribution < -0.4 is 0 Å². The predicted octanol–water partition coefficient (Wildman–Crippen LogP) is 6.64. The minimum Gasteiger partial charge on any atom is -0.117 e. The molecule has 0 aliphatic carbocycles. The lowest BCUT2D eigenvalue weighted by atomic mass is 9.86. The zero-order valence-electron chi connectivity index (χ0n) is 12.8. The van der Waals surface area contributed by atoms with Crippen molar-refractivity contribution in [3.63, 3.8) is 0 Å². The number of halogens is 1. The van der Waals surface area contributed by atoms with Gasteiger partial charge in [-0.3, -0.25) is 0 Å². The van der Waals surface area contributed by atoms with Crippen LogP contribution in [0.25, 0.3) is 10.8 Å². The van der Waals surface area contributed by atoms with Crippen molar-refractivity contribution in [2.75, 3.05) is 0 Å². The smallest absolute Gasteiger partial charge is 0.0622 e. The van der Waals surface area contributed by atoms with E-state index in [9.17, 15) is 0 Å². The third-order valence-electron chi connectivity index (χ3n) is 4.20. The fraction of sp³-hybridized carbons (Fsp3) is 0.474. The van der Waals surface area contributed by atoms with E-state index in [1.54, 1.807) is 0 Å². The molecule has 0 saturated heterocycles. The molecule has 0 aliphatic rings. The van der Waals surface area contributed by atoms with Crippen molar-refractivity contribution in [2.45, 2.75) is 51.8 Å². The first-order valence-electron chi connectivity index (χ1n) is 7.81. The van der Waals surface area contributed by atoms with Gasteiger partial charge >= 0.3 is 0 Å². The average Bonchev–Trinajstić information content (AvgIpc) is 2.46. The first kappa shape index (κ1) is 15.4. The van der Waals surface area contributed by atoms with Crippen molar-refractivity contribution in [2.24, 2.45) is 5.92 Å². The molecular weight excluding hydrogens is 264 g/mol. The summed E-state index contributed by atoms with van der Waals surface area (Å²) < 4.78 is 0. The topological polar surface area (TPSA) is 0 Å². The Morgan fingerprint density at radius 2 is 1.60 bits per heavy atom. The summed E-state index contributed by atoms with van der Waals surface area (Å²) >= 11 is 6.91. The molecule has 2 aromatic rings. The minimum atomic E-state index is 0.126. The molecule has 0 bridgehead atoms. The summed E-state index contributed by atoms with van der Waals surface area (Å²) in [5.41, 5.74) is 2.66. The van der Waals surface area contributed by atoms with Crippen LogP contribution in [0.1, 0.15) is 56.0 Å². The van der Waals surface area contributed by atoms with Gasteiger partial charge in [-0.05, 0) is 47.6 Å². The van der Waals surface area contributed by atoms with Gasteiger partial charge in [-0.25, -0.2) is 0 Å². The second kappa shape index (κ2) is 7.13. The summed E-state index contributed by atoms with van der Waals surface area (Å²) in [4.78, 5) is 0. The number of fused-ring (bicyclic) bond motifs is 1. The van der Waals surface area contributed by atoms with Gasteiger partial charge in [-0.15, -0.1) is 11.6 Å². The molecule has 0 saturated carbocycles. The van der Waals surface area contributed by atoms with Gasteiger partial charge in [0, 0.05) is 0 Å². The van der Waals surface area contributed by atoms with E-state index in [2.05, 4.69) is 57.2 Å². The molecule has 0 N–H and O–H groups in total. The number of hydrogen-bond acceptors (Lipinski definition) is 0. The molecule has 0 fully saturated rings. The molecule has 0 nitrogen and oxygen atoms in total. The van der Waals surface area contributed by atoms with Crippen LogP contribution in [0.2, 0.25) is 0 Å². The van der Waals surface area contributed by atoms with Gasteiger partial charge in [-0.1, -0.05) is 63.1 Å². The summed E-state index contributed by atoms with van der Waals surface area (Å²) in [5.74, 6) is 0.580. The summed E-state index contributed by atoms with van der Waals surface area (Å²) in [6.45, 7) is 6.69. The molecule has 0 amide bonds. The largest absolute Gasteiger partial charge is 0.117 e. The second-order valence-corrected chi connectivity index (χ2v) is 6.23. The van der Waals surface area contributed by atoms with Crippen molar-refractivity contribution in [1.29, 1.82) is 0 Å². The summed E-state index contributed by atoms with van der Waals surface area (Å²) in [7, 11) is 0. The molecule has 0 aromatic heterocycles. The van der Waals surface area contributed by atoms with Crippen molar-refractivity contribution in [3.05, 3.63) is 47.5 Å². The maximum atomic E-state index is 6.91. The van der Waals surface area contributed by atoms with E-state index in [4.69, 9.17) is 11.6 Å². The summed E-state index contributed by atoms with van der Waals surface area (Å²) in [6.07, 6.45) is 4.84. The number of aryl methyl sites for hydroxylation is 1. The fourth-order valence-corrected chi connectivity index (χ4v) is 3.73. The SMILES string of the molecule is CCCC(CCC)C(Cl)c1c(C)ccc2ccccc12. The van der Waals surface area contributed by atoms with E-state index in [0.717, 1.165) is 0 Å². The number of benzene rings is 2. The lowest BCUT2D eigenvalue weighted by Crippen LogP contribution is -2.10. The van der Waals surface area contributed by atoms with Crippen LogP contribution in [0.3, 0.4) is 0 Å². The van der Waals surface area contributed by atoms with Crippen LogP contribution in [0, 0.1) is 12.8 Å². The van der Waals surface area contributed by atoms with E-state index >= 15 is 0 Å². The quantitative estimate of drug-likeness (QED) is 0.522. The Hall–Kier alpha value is -1.01. The van der Waals surface area contributed by atoms with Crippen molar-refractivity contribution < 1.29 is 0 Å². The van der Waals surface area contributed by atoms with Crippen molar-refractivity contribution >= 4 is 22.4 Å². The molecule has 20 heavy (non-hydrogen) atoms. The lowest BCUT2D eigenvalue weighted by molar-refractivity contribution is 0.426.